The van der Waals surface area contributed by atoms with Crippen molar-refractivity contribution in [2.45, 2.75) is 38.8 Å². The average Bonchev–Trinajstić information content (AvgIpc) is 2.67. The minimum atomic E-state index is 0.0593. The Kier molecular flexibility index (Phi) is 5.33. The van der Waals surface area contributed by atoms with Crippen LogP contribution in [-0.4, -0.2) is 36.0 Å². The normalized spacial score (nSPS) is 23.4. The molecule has 2 atom stereocenters. The number of thioether (sulfide) groups is 1. The molecule has 1 saturated heterocycles. The molecule has 0 aromatic rings. The fraction of sp³-hybridized carbons (Fsp3) is 0.900. The van der Waals surface area contributed by atoms with Crippen LogP contribution in [0.15, 0.2) is 0 Å². The van der Waals surface area contributed by atoms with Crippen LogP contribution in [0.4, 0.5) is 0 Å². The van der Waals surface area contributed by atoms with Gasteiger partial charge in [0.15, 0.2) is 0 Å². The van der Waals surface area contributed by atoms with E-state index in [1.165, 1.54) is 0 Å². The van der Waals surface area contributed by atoms with Crippen molar-refractivity contribution in [2.24, 2.45) is 0 Å². The lowest BCUT2D eigenvalue weighted by molar-refractivity contribution is -0.123. The zero-order valence-corrected chi connectivity index (χ0v) is 9.82. The van der Waals surface area contributed by atoms with Crippen LogP contribution in [0.3, 0.4) is 0 Å². The summed E-state index contributed by atoms with van der Waals surface area (Å²) in [7, 11) is 0. The van der Waals surface area contributed by atoms with Gasteiger partial charge in [0, 0.05) is 11.8 Å². The van der Waals surface area contributed by atoms with Crippen LogP contribution in [0.5, 0.6) is 0 Å². The minimum absolute atomic E-state index is 0.0593. The molecule has 4 heteroatoms. The maximum atomic E-state index is 11.6. The predicted molar refractivity (Wildman–Crippen MR) is 61.6 cm³/mol. The van der Waals surface area contributed by atoms with Crippen LogP contribution in [0.1, 0.15) is 26.7 Å². The molecular formula is C10H20N2OS. The van der Waals surface area contributed by atoms with Crippen LogP contribution >= 0.6 is 11.8 Å². The SMILES string of the molecule is CCSCC(C)NC(=O)[C@@H]1CCCN1. The molecular weight excluding hydrogens is 196 g/mol. The van der Waals surface area contributed by atoms with Crippen LogP contribution in [0.2, 0.25) is 0 Å². The second kappa shape index (κ2) is 6.30. The highest BCUT2D eigenvalue weighted by molar-refractivity contribution is 7.99. The lowest BCUT2D eigenvalue weighted by Crippen LogP contribution is -2.45. The fourth-order valence-corrected chi connectivity index (χ4v) is 2.26. The van der Waals surface area contributed by atoms with Gasteiger partial charge in [-0.1, -0.05) is 6.92 Å². The van der Waals surface area contributed by atoms with Crippen molar-refractivity contribution in [1.82, 2.24) is 10.6 Å². The third kappa shape index (κ3) is 3.88. The van der Waals surface area contributed by atoms with Gasteiger partial charge in [0.05, 0.1) is 6.04 Å². The van der Waals surface area contributed by atoms with Crippen molar-refractivity contribution in [2.75, 3.05) is 18.1 Å². The smallest absolute Gasteiger partial charge is 0.237 e. The first-order chi connectivity index (χ1) is 6.74. The predicted octanol–water partition coefficient (Wildman–Crippen LogP) is 0.996. The molecule has 0 spiro atoms. The summed E-state index contributed by atoms with van der Waals surface area (Å²) in [6.07, 6.45) is 2.11. The van der Waals surface area contributed by atoms with Gasteiger partial charge in [-0.3, -0.25) is 4.79 Å². The highest BCUT2D eigenvalue weighted by atomic mass is 32.2. The van der Waals surface area contributed by atoms with Gasteiger partial charge in [-0.2, -0.15) is 11.8 Å². The third-order valence-corrected chi connectivity index (χ3v) is 3.48. The van der Waals surface area contributed by atoms with E-state index in [0.717, 1.165) is 30.9 Å². The number of hydrogen-bond donors (Lipinski definition) is 2. The molecule has 14 heavy (non-hydrogen) atoms. The summed E-state index contributed by atoms with van der Waals surface area (Å²) in [4.78, 5) is 11.6. The Labute approximate surface area is 90.4 Å². The Hall–Kier alpha value is -0.220. The summed E-state index contributed by atoms with van der Waals surface area (Å²) in [5, 5.41) is 6.23. The topological polar surface area (TPSA) is 41.1 Å². The Balaban J connectivity index is 2.18. The Bertz CT molecular complexity index is 181. The second-order valence-electron chi connectivity index (χ2n) is 3.72. The Morgan fingerprint density at radius 3 is 3.07 bits per heavy atom. The van der Waals surface area contributed by atoms with Crippen molar-refractivity contribution < 1.29 is 4.79 Å². The van der Waals surface area contributed by atoms with Crippen LogP contribution in [-0.2, 0) is 4.79 Å². The summed E-state index contributed by atoms with van der Waals surface area (Å²) in [6, 6.07) is 0.346. The Morgan fingerprint density at radius 1 is 1.71 bits per heavy atom. The molecule has 1 fully saturated rings. The molecule has 82 valence electrons. The van der Waals surface area contributed by atoms with Gasteiger partial charge in [-0.15, -0.1) is 0 Å². The number of amides is 1. The molecule has 0 aromatic heterocycles. The molecule has 3 nitrogen and oxygen atoms in total. The van der Waals surface area contributed by atoms with E-state index in [-0.39, 0.29) is 18.0 Å². The zero-order valence-electron chi connectivity index (χ0n) is 9.01. The van der Waals surface area contributed by atoms with Gasteiger partial charge in [0.2, 0.25) is 5.91 Å². The quantitative estimate of drug-likeness (QED) is 0.720. The summed E-state index contributed by atoms with van der Waals surface area (Å²) >= 11 is 1.87. The van der Waals surface area contributed by atoms with E-state index in [2.05, 4.69) is 24.5 Å². The number of carbonyl (C=O) groups is 1. The van der Waals surface area contributed by atoms with Gasteiger partial charge in [-0.25, -0.2) is 0 Å². The molecule has 0 aromatic carbocycles. The molecule has 1 rings (SSSR count). The molecule has 2 N–H and O–H groups in total. The van der Waals surface area contributed by atoms with E-state index in [1.54, 1.807) is 0 Å². The first kappa shape index (κ1) is 11.9. The van der Waals surface area contributed by atoms with Crippen molar-refractivity contribution in [3.05, 3.63) is 0 Å². The lowest BCUT2D eigenvalue weighted by Gasteiger charge is -2.16. The highest BCUT2D eigenvalue weighted by Crippen LogP contribution is 2.06. The van der Waals surface area contributed by atoms with Gasteiger partial charge in [0.1, 0.15) is 0 Å². The largest absolute Gasteiger partial charge is 0.351 e. The first-order valence-corrected chi connectivity index (χ1v) is 6.51. The standard InChI is InChI=1S/C10H20N2OS/c1-3-14-7-8(2)12-10(13)9-5-4-6-11-9/h8-9,11H,3-7H2,1-2H3,(H,12,13)/t8?,9-/m0/s1. The lowest BCUT2D eigenvalue weighted by atomic mass is 10.2. The first-order valence-electron chi connectivity index (χ1n) is 5.35. The number of nitrogens with one attached hydrogen (secondary N) is 2. The van der Waals surface area contributed by atoms with Crippen LogP contribution in [0.25, 0.3) is 0 Å². The highest BCUT2D eigenvalue weighted by Gasteiger charge is 2.22. The van der Waals surface area contributed by atoms with Gasteiger partial charge < -0.3 is 10.6 Å². The van der Waals surface area contributed by atoms with Crippen LogP contribution < -0.4 is 10.6 Å². The van der Waals surface area contributed by atoms with E-state index in [1.807, 2.05) is 11.8 Å². The zero-order chi connectivity index (χ0) is 10.4. The van der Waals surface area contributed by atoms with Crippen molar-refractivity contribution in [1.29, 1.82) is 0 Å². The van der Waals surface area contributed by atoms with Gasteiger partial charge in [-0.05, 0) is 32.1 Å². The summed E-state index contributed by atoms with van der Waals surface area (Å²) in [5.74, 6) is 2.29. The third-order valence-electron chi connectivity index (χ3n) is 2.34. The van der Waals surface area contributed by atoms with E-state index >= 15 is 0 Å². The molecule has 1 aliphatic rings. The van der Waals surface area contributed by atoms with Crippen molar-refractivity contribution >= 4 is 17.7 Å². The Morgan fingerprint density at radius 2 is 2.50 bits per heavy atom. The number of carbonyl (C=O) groups excluding carboxylic acids is 1. The molecule has 1 aliphatic heterocycles. The van der Waals surface area contributed by atoms with E-state index in [4.69, 9.17) is 0 Å². The number of hydrogen-bond acceptors (Lipinski definition) is 3. The second-order valence-corrected chi connectivity index (χ2v) is 5.04. The average molecular weight is 216 g/mol. The molecule has 1 heterocycles. The minimum Gasteiger partial charge on any atom is -0.351 e. The molecule has 0 aliphatic carbocycles. The maximum Gasteiger partial charge on any atom is 0.237 e. The summed E-state index contributed by atoms with van der Waals surface area (Å²) in [6.45, 7) is 5.18. The summed E-state index contributed by atoms with van der Waals surface area (Å²) in [5.41, 5.74) is 0. The van der Waals surface area contributed by atoms with E-state index in [0.29, 0.717) is 0 Å². The molecule has 0 radical (unpaired) electrons. The summed E-state index contributed by atoms with van der Waals surface area (Å²) < 4.78 is 0. The van der Waals surface area contributed by atoms with Gasteiger partial charge >= 0.3 is 0 Å². The van der Waals surface area contributed by atoms with Crippen molar-refractivity contribution in [3.63, 3.8) is 0 Å². The van der Waals surface area contributed by atoms with Crippen molar-refractivity contribution in [3.8, 4) is 0 Å². The maximum absolute atomic E-state index is 11.6. The molecule has 1 unspecified atom stereocenters. The van der Waals surface area contributed by atoms with E-state index in [9.17, 15) is 4.79 Å². The number of rotatable bonds is 5. The van der Waals surface area contributed by atoms with Gasteiger partial charge in [0.25, 0.3) is 0 Å². The monoisotopic (exact) mass is 216 g/mol. The van der Waals surface area contributed by atoms with E-state index < -0.39 is 0 Å². The fourth-order valence-electron chi connectivity index (χ4n) is 1.59. The molecule has 1 amide bonds. The molecule has 0 saturated carbocycles. The van der Waals surface area contributed by atoms with Crippen LogP contribution in [0, 0.1) is 0 Å². The molecule has 0 bridgehead atoms.